The fourth-order valence-electron chi connectivity index (χ4n) is 3.44. The minimum atomic E-state index is -0.280. The van der Waals surface area contributed by atoms with Crippen molar-refractivity contribution in [2.24, 2.45) is 10.8 Å². The van der Waals surface area contributed by atoms with Crippen LogP contribution in [0.25, 0.3) is 10.8 Å². The van der Waals surface area contributed by atoms with Crippen molar-refractivity contribution in [1.29, 1.82) is 0 Å². The lowest BCUT2D eigenvalue weighted by atomic mass is 9.68. The van der Waals surface area contributed by atoms with E-state index in [2.05, 4.69) is 51.7 Å². The molecule has 0 heterocycles. The van der Waals surface area contributed by atoms with E-state index in [0.29, 0.717) is 12.2 Å². The second-order valence-corrected chi connectivity index (χ2v) is 8.68. The van der Waals surface area contributed by atoms with Gasteiger partial charge in [0.1, 0.15) is 0 Å². The zero-order valence-corrected chi connectivity index (χ0v) is 17.0. The third-order valence-electron chi connectivity index (χ3n) is 5.35. The summed E-state index contributed by atoms with van der Waals surface area (Å²) in [6.45, 7) is 11.3. The molecule has 2 aromatic carbocycles. The van der Waals surface area contributed by atoms with E-state index in [1.165, 1.54) is 12.0 Å². The standard InChI is InChI=1S/C25H28O2/c1-6-27-23(26)21-11-10-19-15-18(7-9-20(19)16-21)8-12-22-17-24(2,3)13-14-25(22,4)5/h7,9-11,15-17H,6,13-14H2,1-5H3. The molecule has 0 saturated heterocycles. The number of fused-ring (bicyclic) bond motifs is 1. The van der Waals surface area contributed by atoms with E-state index < -0.39 is 0 Å². The van der Waals surface area contributed by atoms with Gasteiger partial charge in [-0.25, -0.2) is 4.79 Å². The van der Waals surface area contributed by atoms with Gasteiger partial charge in [-0.1, -0.05) is 57.7 Å². The Morgan fingerprint density at radius 3 is 2.44 bits per heavy atom. The van der Waals surface area contributed by atoms with Crippen LogP contribution in [-0.4, -0.2) is 12.6 Å². The van der Waals surface area contributed by atoms with Crippen molar-refractivity contribution in [1.82, 2.24) is 0 Å². The van der Waals surface area contributed by atoms with Gasteiger partial charge < -0.3 is 4.74 Å². The molecule has 1 aliphatic carbocycles. The molecule has 2 aromatic rings. The Bertz CT molecular complexity index is 965. The molecule has 2 nitrogen and oxygen atoms in total. The molecule has 0 N–H and O–H groups in total. The van der Waals surface area contributed by atoms with E-state index in [1.54, 1.807) is 0 Å². The predicted octanol–water partition coefficient (Wildman–Crippen LogP) is 6.14. The molecule has 27 heavy (non-hydrogen) atoms. The third kappa shape index (κ3) is 4.42. The molecule has 0 saturated carbocycles. The monoisotopic (exact) mass is 360 g/mol. The van der Waals surface area contributed by atoms with Gasteiger partial charge >= 0.3 is 5.97 Å². The van der Waals surface area contributed by atoms with Gasteiger partial charge in [-0.2, -0.15) is 0 Å². The molecule has 0 amide bonds. The number of benzene rings is 2. The first-order chi connectivity index (χ1) is 12.7. The van der Waals surface area contributed by atoms with Gasteiger partial charge in [-0.05, 0) is 65.6 Å². The highest BCUT2D eigenvalue weighted by Crippen LogP contribution is 2.43. The number of carbonyl (C=O) groups excluding carboxylic acids is 1. The molecule has 0 unspecified atom stereocenters. The molecule has 1 aliphatic rings. The SMILES string of the molecule is CCOC(=O)c1ccc2cc(C#CC3=CC(C)(C)CCC3(C)C)ccc2c1. The highest BCUT2D eigenvalue weighted by Gasteiger charge is 2.32. The van der Waals surface area contributed by atoms with Crippen LogP contribution in [0.15, 0.2) is 48.0 Å². The molecule has 0 bridgehead atoms. The number of rotatable bonds is 2. The van der Waals surface area contributed by atoms with Crippen LogP contribution in [0.1, 0.15) is 63.4 Å². The highest BCUT2D eigenvalue weighted by atomic mass is 16.5. The molecule has 2 heteroatoms. The first-order valence-electron chi connectivity index (χ1n) is 9.66. The number of hydrogen-bond donors (Lipinski definition) is 0. The molecule has 0 radical (unpaired) electrons. The summed E-state index contributed by atoms with van der Waals surface area (Å²) < 4.78 is 5.08. The van der Waals surface area contributed by atoms with E-state index in [9.17, 15) is 4.79 Å². The number of ether oxygens (including phenoxy) is 1. The van der Waals surface area contributed by atoms with Crippen LogP contribution in [-0.2, 0) is 4.74 Å². The summed E-state index contributed by atoms with van der Waals surface area (Å²) in [5.74, 6) is 6.50. The maximum Gasteiger partial charge on any atom is 0.338 e. The summed E-state index contributed by atoms with van der Waals surface area (Å²) in [6, 6.07) is 11.8. The summed E-state index contributed by atoms with van der Waals surface area (Å²) in [7, 11) is 0. The first kappa shape index (κ1) is 19.2. The fourth-order valence-corrected chi connectivity index (χ4v) is 3.44. The van der Waals surface area contributed by atoms with Gasteiger partial charge in [0.25, 0.3) is 0 Å². The Morgan fingerprint density at radius 1 is 1.00 bits per heavy atom. The Hall–Kier alpha value is -2.53. The fraction of sp³-hybridized carbons (Fsp3) is 0.400. The number of hydrogen-bond acceptors (Lipinski definition) is 2. The van der Waals surface area contributed by atoms with Crippen LogP contribution >= 0.6 is 0 Å². The normalized spacial score (nSPS) is 17.6. The first-order valence-corrected chi connectivity index (χ1v) is 9.66. The van der Waals surface area contributed by atoms with Gasteiger partial charge in [0.2, 0.25) is 0 Å². The minimum Gasteiger partial charge on any atom is -0.462 e. The van der Waals surface area contributed by atoms with Crippen molar-refractivity contribution >= 4 is 16.7 Å². The molecule has 0 aromatic heterocycles. The van der Waals surface area contributed by atoms with Gasteiger partial charge in [0, 0.05) is 11.1 Å². The number of carbonyl (C=O) groups is 1. The maximum atomic E-state index is 11.9. The zero-order valence-electron chi connectivity index (χ0n) is 17.0. The smallest absolute Gasteiger partial charge is 0.338 e. The lowest BCUT2D eigenvalue weighted by molar-refractivity contribution is 0.0526. The quantitative estimate of drug-likeness (QED) is 0.475. The zero-order chi connectivity index (χ0) is 19.7. The molecular formula is C25H28O2. The third-order valence-corrected chi connectivity index (χ3v) is 5.35. The van der Waals surface area contributed by atoms with E-state index in [0.717, 1.165) is 22.8 Å². The molecule has 0 spiro atoms. The van der Waals surface area contributed by atoms with Gasteiger partial charge in [-0.15, -0.1) is 0 Å². The van der Waals surface area contributed by atoms with Crippen molar-refractivity contribution in [3.63, 3.8) is 0 Å². The minimum absolute atomic E-state index is 0.133. The van der Waals surface area contributed by atoms with Crippen LogP contribution in [0.5, 0.6) is 0 Å². The van der Waals surface area contributed by atoms with Crippen LogP contribution in [0.3, 0.4) is 0 Å². The van der Waals surface area contributed by atoms with Crippen molar-refractivity contribution in [2.45, 2.75) is 47.5 Å². The summed E-state index contributed by atoms with van der Waals surface area (Å²) in [5, 5.41) is 2.09. The number of esters is 1. The van der Waals surface area contributed by atoms with Crippen molar-refractivity contribution in [3.05, 3.63) is 59.2 Å². The van der Waals surface area contributed by atoms with Gasteiger partial charge in [0.15, 0.2) is 0 Å². The van der Waals surface area contributed by atoms with E-state index in [1.807, 2.05) is 37.3 Å². The molecular weight excluding hydrogens is 332 g/mol. The largest absolute Gasteiger partial charge is 0.462 e. The summed E-state index contributed by atoms with van der Waals surface area (Å²) in [4.78, 5) is 11.9. The Kier molecular flexibility index (Phi) is 5.16. The highest BCUT2D eigenvalue weighted by molar-refractivity contribution is 5.95. The summed E-state index contributed by atoms with van der Waals surface area (Å²) >= 11 is 0. The van der Waals surface area contributed by atoms with Crippen molar-refractivity contribution < 1.29 is 9.53 Å². The van der Waals surface area contributed by atoms with Crippen molar-refractivity contribution in [3.8, 4) is 11.8 Å². The van der Waals surface area contributed by atoms with Crippen LogP contribution < -0.4 is 0 Å². The van der Waals surface area contributed by atoms with E-state index in [-0.39, 0.29) is 16.8 Å². The average molecular weight is 360 g/mol. The lowest BCUT2D eigenvalue weighted by Crippen LogP contribution is -2.25. The van der Waals surface area contributed by atoms with Crippen LogP contribution in [0, 0.1) is 22.7 Å². The van der Waals surface area contributed by atoms with Gasteiger partial charge in [-0.3, -0.25) is 0 Å². The second-order valence-electron chi connectivity index (χ2n) is 8.68. The maximum absolute atomic E-state index is 11.9. The second kappa shape index (κ2) is 7.24. The predicted molar refractivity (Wildman–Crippen MR) is 112 cm³/mol. The topological polar surface area (TPSA) is 26.3 Å². The molecule has 0 atom stereocenters. The molecule has 3 rings (SSSR count). The summed E-state index contributed by atoms with van der Waals surface area (Å²) in [6.07, 6.45) is 4.70. The van der Waals surface area contributed by atoms with E-state index in [4.69, 9.17) is 4.74 Å². The Balaban J connectivity index is 1.91. The van der Waals surface area contributed by atoms with Crippen LogP contribution in [0.4, 0.5) is 0 Å². The Morgan fingerprint density at radius 2 is 1.70 bits per heavy atom. The molecule has 140 valence electrons. The Labute approximate surface area is 162 Å². The molecule has 0 aliphatic heterocycles. The van der Waals surface area contributed by atoms with Crippen LogP contribution in [0.2, 0.25) is 0 Å². The lowest BCUT2D eigenvalue weighted by Gasteiger charge is -2.36. The number of allylic oxidation sites excluding steroid dienone is 2. The summed E-state index contributed by atoms with van der Waals surface area (Å²) in [5.41, 5.74) is 3.16. The van der Waals surface area contributed by atoms with E-state index >= 15 is 0 Å². The van der Waals surface area contributed by atoms with Crippen molar-refractivity contribution in [2.75, 3.05) is 6.61 Å². The van der Waals surface area contributed by atoms with Gasteiger partial charge in [0.05, 0.1) is 12.2 Å². The average Bonchev–Trinajstić information content (AvgIpc) is 2.62. The molecule has 0 fully saturated rings.